The molecule has 1 aliphatic rings. The lowest BCUT2D eigenvalue weighted by Gasteiger charge is -2.44. The Balaban J connectivity index is 2.16. The predicted octanol–water partition coefficient (Wildman–Crippen LogP) is 2.58. The molecule has 0 spiro atoms. The average molecular weight is 294 g/mol. The summed E-state index contributed by atoms with van der Waals surface area (Å²) in [7, 11) is 3.88. The van der Waals surface area contributed by atoms with Gasteiger partial charge in [-0.05, 0) is 52.5 Å². The van der Waals surface area contributed by atoms with Gasteiger partial charge < -0.3 is 10.1 Å². The number of aromatic nitrogens is 3. The monoisotopic (exact) mass is 294 g/mol. The fourth-order valence-corrected chi connectivity index (χ4v) is 3.53. The molecule has 1 fully saturated rings. The number of hydrogen-bond acceptors (Lipinski definition) is 4. The van der Waals surface area contributed by atoms with Gasteiger partial charge in [0, 0.05) is 25.6 Å². The van der Waals surface area contributed by atoms with Crippen molar-refractivity contribution in [2.45, 2.75) is 70.6 Å². The van der Waals surface area contributed by atoms with Crippen molar-refractivity contribution in [2.75, 3.05) is 14.2 Å². The maximum Gasteiger partial charge on any atom is 0.138 e. The van der Waals surface area contributed by atoms with E-state index < -0.39 is 0 Å². The molecular weight excluding hydrogens is 264 g/mol. The highest BCUT2D eigenvalue weighted by atomic mass is 16.5. The molecule has 1 heterocycles. The van der Waals surface area contributed by atoms with Gasteiger partial charge in [0.1, 0.15) is 12.2 Å². The Labute approximate surface area is 128 Å². The van der Waals surface area contributed by atoms with Crippen LogP contribution in [0.3, 0.4) is 0 Å². The molecule has 1 atom stereocenters. The summed E-state index contributed by atoms with van der Waals surface area (Å²) < 4.78 is 8.02. The molecule has 1 unspecified atom stereocenters. The smallest absolute Gasteiger partial charge is 0.138 e. The lowest BCUT2D eigenvalue weighted by molar-refractivity contribution is -0.0736. The van der Waals surface area contributed by atoms with Gasteiger partial charge >= 0.3 is 0 Å². The minimum atomic E-state index is -0.0744. The summed E-state index contributed by atoms with van der Waals surface area (Å²) in [6, 6.07) is 0.613. The first-order chi connectivity index (χ1) is 10.0. The van der Waals surface area contributed by atoms with Crippen LogP contribution in [0.2, 0.25) is 0 Å². The van der Waals surface area contributed by atoms with Crippen LogP contribution in [0.25, 0.3) is 0 Å². The Bertz CT molecular complexity index is 435. The van der Waals surface area contributed by atoms with E-state index in [1.165, 1.54) is 12.8 Å². The number of likely N-dealkylation sites (N-methyl/N-ethyl adjacent to an activating group) is 1. The van der Waals surface area contributed by atoms with E-state index in [0.29, 0.717) is 6.04 Å². The Morgan fingerprint density at radius 3 is 2.62 bits per heavy atom. The summed E-state index contributed by atoms with van der Waals surface area (Å²) in [6.45, 7) is 6.62. The van der Waals surface area contributed by atoms with E-state index in [0.717, 1.165) is 31.0 Å². The van der Waals surface area contributed by atoms with E-state index in [9.17, 15) is 0 Å². The Kier molecular flexibility index (Phi) is 5.38. The molecule has 5 nitrogen and oxygen atoms in total. The van der Waals surface area contributed by atoms with Gasteiger partial charge in [-0.1, -0.05) is 6.92 Å². The van der Waals surface area contributed by atoms with Crippen LogP contribution in [-0.4, -0.2) is 40.6 Å². The molecule has 2 rings (SSSR count). The fraction of sp³-hybridized carbons (Fsp3) is 0.875. The van der Waals surface area contributed by atoms with Crippen molar-refractivity contribution in [1.82, 2.24) is 20.1 Å². The largest absolute Gasteiger partial charge is 0.377 e. The minimum absolute atomic E-state index is 0.0744. The Morgan fingerprint density at radius 2 is 2.10 bits per heavy atom. The van der Waals surface area contributed by atoms with E-state index >= 15 is 0 Å². The molecule has 1 saturated carbocycles. The van der Waals surface area contributed by atoms with Crippen molar-refractivity contribution in [3.63, 3.8) is 0 Å². The normalized spacial score (nSPS) is 28.0. The van der Waals surface area contributed by atoms with Crippen molar-refractivity contribution >= 4 is 0 Å². The van der Waals surface area contributed by atoms with Crippen molar-refractivity contribution < 1.29 is 4.74 Å². The third kappa shape index (κ3) is 3.46. The van der Waals surface area contributed by atoms with Crippen LogP contribution in [0.4, 0.5) is 0 Å². The van der Waals surface area contributed by atoms with Crippen LogP contribution in [0, 0.1) is 5.92 Å². The summed E-state index contributed by atoms with van der Waals surface area (Å²) in [5.41, 5.74) is -0.0744. The van der Waals surface area contributed by atoms with Gasteiger partial charge in [-0.25, -0.2) is 9.67 Å². The van der Waals surface area contributed by atoms with Crippen LogP contribution in [-0.2, 0) is 11.2 Å². The molecule has 1 N–H and O–H groups in total. The van der Waals surface area contributed by atoms with Crippen LogP contribution in [0.15, 0.2) is 6.33 Å². The van der Waals surface area contributed by atoms with Crippen LogP contribution in [0.1, 0.15) is 58.3 Å². The van der Waals surface area contributed by atoms with Crippen LogP contribution in [0.5, 0.6) is 0 Å². The first kappa shape index (κ1) is 16.4. The highest BCUT2D eigenvalue weighted by Crippen LogP contribution is 2.37. The second kappa shape index (κ2) is 6.88. The van der Waals surface area contributed by atoms with Crippen molar-refractivity contribution in [1.29, 1.82) is 0 Å². The second-order valence-corrected chi connectivity index (χ2v) is 6.71. The van der Waals surface area contributed by atoms with Gasteiger partial charge in [0.05, 0.1) is 5.60 Å². The Morgan fingerprint density at radius 1 is 1.43 bits per heavy atom. The summed E-state index contributed by atoms with van der Waals surface area (Å²) in [5.74, 6) is 1.85. The maximum absolute atomic E-state index is 6.01. The molecule has 1 aromatic heterocycles. The van der Waals surface area contributed by atoms with Crippen molar-refractivity contribution in [3.8, 4) is 0 Å². The van der Waals surface area contributed by atoms with E-state index in [1.54, 1.807) is 6.33 Å². The molecule has 0 amide bonds. The third-order valence-corrected chi connectivity index (χ3v) is 5.03. The number of nitrogens with one attached hydrogen (secondary N) is 1. The van der Waals surface area contributed by atoms with Crippen molar-refractivity contribution in [2.24, 2.45) is 5.92 Å². The zero-order valence-electron chi connectivity index (χ0n) is 14.1. The first-order valence-corrected chi connectivity index (χ1v) is 8.13. The number of rotatable bonds is 6. The van der Waals surface area contributed by atoms with Crippen molar-refractivity contribution in [3.05, 3.63) is 12.2 Å². The highest BCUT2D eigenvalue weighted by molar-refractivity contribution is 5.02. The molecule has 120 valence electrons. The van der Waals surface area contributed by atoms with E-state index in [4.69, 9.17) is 4.74 Å². The zero-order valence-corrected chi connectivity index (χ0v) is 14.1. The number of methoxy groups -OCH3 is 1. The van der Waals surface area contributed by atoms with Crippen LogP contribution >= 0.6 is 0 Å². The lowest BCUT2D eigenvalue weighted by atomic mass is 9.74. The summed E-state index contributed by atoms with van der Waals surface area (Å²) in [4.78, 5) is 4.46. The van der Waals surface area contributed by atoms with E-state index in [-0.39, 0.29) is 11.6 Å². The Hall–Kier alpha value is -0.940. The lowest BCUT2D eigenvalue weighted by Crippen LogP contribution is -2.54. The second-order valence-electron chi connectivity index (χ2n) is 6.71. The third-order valence-electron chi connectivity index (χ3n) is 5.03. The summed E-state index contributed by atoms with van der Waals surface area (Å²) >= 11 is 0. The zero-order chi connectivity index (χ0) is 15.5. The molecule has 1 aromatic rings. The molecule has 0 bridgehead atoms. The predicted molar refractivity (Wildman–Crippen MR) is 84.3 cm³/mol. The average Bonchev–Trinajstić information content (AvgIpc) is 2.94. The standard InChI is InChI=1S/C16H30N4O/c1-12(2)20-15(18-11-19-20)10-14(17-4)16(21-5)8-6-13(3)7-9-16/h11-14,17H,6-10H2,1-5H3. The number of hydrogen-bond donors (Lipinski definition) is 1. The summed E-state index contributed by atoms with van der Waals surface area (Å²) in [5, 5.41) is 7.82. The number of ether oxygens (including phenoxy) is 1. The molecule has 21 heavy (non-hydrogen) atoms. The first-order valence-electron chi connectivity index (χ1n) is 8.13. The van der Waals surface area contributed by atoms with Gasteiger partial charge in [-0.3, -0.25) is 0 Å². The topological polar surface area (TPSA) is 52.0 Å². The molecular formula is C16H30N4O. The maximum atomic E-state index is 6.01. The molecule has 5 heteroatoms. The summed E-state index contributed by atoms with van der Waals surface area (Å²) in [6.07, 6.45) is 7.23. The minimum Gasteiger partial charge on any atom is -0.377 e. The fourth-order valence-electron chi connectivity index (χ4n) is 3.53. The quantitative estimate of drug-likeness (QED) is 0.876. The molecule has 0 radical (unpaired) electrons. The molecule has 0 aliphatic heterocycles. The molecule has 0 saturated heterocycles. The van der Waals surface area contributed by atoms with Gasteiger partial charge in [-0.2, -0.15) is 5.10 Å². The van der Waals surface area contributed by atoms with Crippen LogP contribution < -0.4 is 5.32 Å². The number of nitrogens with zero attached hydrogens (tertiary/aromatic N) is 3. The van der Waals surface area contributed by atoms with Gasteiger partial charge in [0.15, 0.2) is 0 Å². The molecule has 0 aromatic carbocycles. The van der Waals surface area contributed by atoms with Gasteiger partial charge in [0.2, 0.25) is 0 Å². The van der Waals surface area contributed by atoms with E-state index in [2.05, 4.69) is 36.2 Å². The highest BCUT2D eigenvalue weighted by Gasteiger charge is 2.41. The van der Waals surface area contributed by atoms with E-state index in [1.807, 2.05) is 18.8 Å². The molecule has 1 aliphatic carbocycles. The van der Waals surface area contributed by atoms with Gasteiger partial charge in [0.25, 0.3) is 0 Å². The van der Waals surface area contributed by atoms with Gasteiger partial charge in [-0.15, -0.1) is 0 Å². The SMILES string of the molecule is CNC(Cc1ncnn1C(C)C)C1(OC)CCC(C)CC1.